The third-order valence-electron chi connectivity index (χ3n) is 3.79. The average Bonchev–Trinajstić information content (AvgIpc) is 2.83. The van der Waals surface area contributed by atoms with Gasteiger partial charge in [-0.1, -0.05) is 12.1 Å². The zero-order chi connectivity index (χ0) is 14.8. The van der Waals surface area contributed by atoms with Crippen molar-refractivity contribution in [3.63, 3.8) is 0 Å². The number of carbonyl (C=O) groups excluding carboxylic acids is 1. The van der Waals surface area contributed by atoms with E-state index < -0.39 is 5.60 Å². The highest BCUT2D eigenvalue weighted by molar-refractivity contribution is 5.79. The van der Waals surface area contributed by atoms with Crippen LogP contribution in [0.15, 0.2) is 24.3 Å². The van der Waals surface area contributed by atoms with Crippen molar-refractivity contribution >= 4 is 5.91 Å². The molecule has 1 heterocycles. The first-order valence-electron chi connectivity index (χ1n) is 6.78. The lowest BCUT2D eigenvalue weighted by atomic mass is 9.95. The van der Waals surface area contributed by atoms with Crippen molar-refractivity contribution in [1.82, 2.24) is 5.32 Å². The number of halogens is 1. The van der Waals surface area contributed by atoms with Crippen LogP contribution < -0.4 is 5.32 Å². The van der Waals surface area contributed by atoms with E-state index in [0.717, 1.165) is 0 Å². The van der Waals surface area contributed by atoms with Crippen LogP contribution in [0.25, 0.3) is 0 Å². The van der Waals surface area contributed by atoms with Gasteiger partial charge in [0.25, 0.3) is 0 Å². The zero-order valence-corrected chi connectivity index (χ0v) is 11.7. The van der Waals surface area contributed by atoms with Crippen molar-refractivity contribution < 1.29 is 19.0 Å². The molecule has 4 nitrogen and oxygen atoms in total. The van der Waals surface area contributed by atoms with Crippen LogP contribution in [-0.2, 0) is 15.1 Å². The smallest absolute Gasteiger partial charge is 0.225 e. The van der Waals surface area contributed by atoms with Crippen LogP contribution in [0.1, 0.15) is 25.8 Å². The SMILES string of the molecule is CC1OCCC1C(=O)NCC(C)(O)c1ccc(F)cc1. The number of benzene rings is 1. The Labute approximate surface area is 117 Å². The minimum Gasteiger partial charge on any atom is -0.384 e. The fourth-order valence-electron chi connectivity index (χ4n) is 2.38. The molecule has 0 bridgehead atoms. The van der Waals surface area contributed by atoms with Gasteiger partial charge in [-0.2, -0.15) is 0 Å². The second-order valence-electron chi connectivity index (χ2n) is 5.47. The lowest BCUT2D eigenvalue weighted by molar-refractivity contribution is -0.127. The maximum absolute atomic E-state index is 12.9. The quantitative estimate of drug-likeness (QED) is 0.881. The molecule has 0 radical (unpaired) electrons. The predicted octanol–water partition coefficient (Wildman–Crippen LogP) is 1.57. The minimum absolute atomic E-state index is 0.0840. The van der Waals surface area contributed by atoms with Crippen molar-refractivity contribution in [2.24, 2.45) is 5.92 Å². The Morgan fingerprint density at radius 2 is 2.15 bits per heavy atom. The number of carbonyl (C=O) groups is 1. The molecule has 2 rings (SSSR count). The number of ether oxygens (including phenoxy) is 1. The topological polar surface area (TPSA) is 58.6 Å². The summed E-state index contributed by atoms with van der Waals surface area (Å²) >= 11 is 0. The fraction of sp³-hybridized carbons (Fsp3) is 0.533. The van der Waals surface area contributed by atoms with Crippen LogP contribution in [0, 0.1) is 11.7 Å². The van der Waals surface area contributed by atoms with Gasteiger partial charge < -0.3 is 15.2 Å². The van der Waals surface area contributed by atoms with Crippen LogP contribution in [0.3, 0.4) is 0 Å². The van der Waals surface area contributed by atoms with Gasteiger partial charge in [-0.25, -0.2) is 4.39 Å². The Balaban J connectivity index is 1.95. The van der Waals surface area contributed by atoms with E-state index in [0.29, 0.717) is 18.6 Å². The monoisotopic (exact) mass is 281 g/mol. The largest absolute Gasteiger partial charge is 0.384 e. The van der Waals surface area contributed by atoms with Crippen LogP contribution in [0.4, 0.5) is 4.39 Å². The van der Waals surface area contributed by atoms with E-state index in [2.05, 4.69) is 5.32 Å². The Morgan fingerprint density at radius 3 is 2.70 bits per heavy atom. The Bertz CT molecular complexity index is 473. The highest BCUT2D eigenvalue weighted by Crippen LogP contribution is 2.22. The summed E-state index contributed by atoms with van der Waals surface area (Å²) in [6.45, 7) is 4.14. The molecule has 3 unspecified atom stereocenters. The summed E-state index contributed by atoms with van der Waals surface area (Å²) in [6.07, 6.45) is 0.608. The molecule has 0 aromatic heterocycles. The normalized spacial score (nSPS) is 25.2. The van der Waals surface area contributed by atoms with E-state index >= 15 is 0 Å². The molecule has 5 heteroatoms. The van der Waals surface area contributed by atoms with E-state index in [1.807, 2.05) is 6.92 Å². The molecule has 0 spiro atoms. The van der Waals surface area contributed by atoms with Crippen LogP contribution in [0.5, 0.6) is 0 Å². The summed E-state index contributed by atoms with van der Waals surface area (Å²) in [4.78, 5) is 12.0. The zero-order valence-electron chi connectivity index (χ0n) is 11.7. The third kappa shape index (κ3) is 3.35. The van der Waals surface area contributed by atoms with E-state index in [1.54, 1.807) is 6.92 Å². The lowest BCUT2D eigenvalue weighted by Crippen LogP contribution is -2.42. The Hall–Kier alpha value is -1.46. The summed E-state index contributed by atoms with van der Waals surface area (Å²) < 4.78 is 18.2. The summed E-state index contributed by atoms with van der Waals surface area (Å²) in [5.74, 6) is -0.637. The predicted molar refractivity (Wildman–Crippen MR) is 72.5 cm³/mol. The van der Waals surface area contributed by atoms with Gasteiger partial charge in [-0.3, -0.25) is 4.79 Å². The van der Waals surface area contributed by atoms with Gasteiger partial charge >= 0.3 is 0 Å². The number of amides is 1. The maximum Gasteiger partial charge on any atom is 0.225 e. The summed E-state index contributed by atoms with van der Waals surface area (Å²) in [7, 11) is 0. The highest BCUT2D eigenvalue weighted by Gasteiger charge is 2.32. The first kappa shape index (κ1) is 14.9. The number of nitrogens with one attached hydrogen (secondary N) is 1. The molecule has 1 saturated heterocycles. The van der Waals surface area contributed by atoms with Gasteiger partial charge in [0.05, 0.1) is 18.6 Å². The molecule has 3 atom stereocenters. The van der Waals surface area contributed by atoms with E-state index in [-0.39, 0.29) is 30.3 Å². The van der Waals surface area contributed by atoms with E-state index in [1.165, 1.54) is 24.3 Å². The molecule has 2 N–H and O–H groups in total. The summed E-state index contributed by atoms with van der Waals surface area (Å²) in [5, 5.41) is 13.1. The maximum atomic E-state index is 12.9. The molecule has 1 aliphatic rings. The van der Waals surface area contributed by atoms with Crippen molar-refractivity contribution in [2.45, 2.75) is 32.0 Å². The number of aliphatic hydroxyl groups is 1. The molecule has 0 aliphatic carbocycles. The fourth-order valence-corrected chi connectivity index (χ4v) is 2.38. The number of rotatable bonds is 4. The molecule has 0 saturated carbocycles. The molecule has 1 amide bonds. The Morgan fingerprint density at radius 1 is 1.50 bits per heavy atom. The van der Waals surface area contributed by atoms with Crippen molar-refractivity contribution in [1.29, 1.82) is 0 Å². The molecule has 1 aromatic rings. The standard InChI is InChI=1S/C15H20FNO3/c1-10-13(7-8-20-10)14(18)17-9-15(2,19)11-3-5-12(16)6-4-11/h3-6,10,13,19H,7-9H2,1-2H3,(H,17,18). The molecule has 110 valence electrons. The van der Waals surface area contributed by atoms with Gasteiger partial charge in [0.2, 0.25) is 5.91 Å². The van der Waals surface area contributed by atoms with Gasteiger partial charge in [-0.05, 0) is 38.0 Å². The molecule has 1 fully saturated rings. The third-order valence-corrected chi connectivity index (χ3v) is 3.79. The molecule has 20 heavy (non-hydrogen) atoms. The summed E-state index contributed by atoms with van der Waals surface area (Å²) in [5.41, 5.74) is -0.665. The molecular formula is C15H20FNO3. The minimum atomic E-state index is -1.23. The molecule has 1 aliphatic heterocycles. The van der Waals surface area contributed by atoms with Crippen molar-refractivity contribution in [3.8, 4) is 0 Å². The van der Waals surface area contributed by atoms with Crippen LogP contribution in [0.2, 0.25) is 0 Å². The van der Waals surface area contributed by atoms with Crippen LogP contribution >= 0.6 is 0 Å². The lowest BCUT2D eigenvalue weighted by Gasteiger charge is -2.25. The average molecular weight is 281 g/mol. The molecule has 1 aromatic carbocycles. The van der Waals surface area contributed by atoms with Gasteiger partial charge in [0, 0.05) is 6.61 Å². The van der Waals surface area contributed by atoms with Gasteiger partial charge in [0.1, 0.15) is 11.4 Å². The van der Waals surface area contributed by atoms with E-state index in [9.17, 15) is 14.3 Å². The van der Waals surface area contributed by atoms with Gasteiger partial charge in [0.15, 0.2) is 0 Å². The second kappa shape index (κ2) is 5.89. The van der Waals surface area contributed by atoms with Crippen LogP contribution in [-0.4, -0.2) is 30.3 Å². The first-order chi connectivity index (χ1) is 9.40. The number of hydrogen-bond donors (Lipinski definition) is 2. The van der Waals surface area contributed by atoms with Gasteiger partial charge in [-0.15, -0.1) is 0 Å². The number of hydrogen-bond acceptors (Lipinski definition) is 3. The second-order valence-corrected chi connectivity index (χ2v) is 5.47. The summed E-state index contributed by atoms with van der Waals surface area (Å²) in [6, 6.07) is 5.61. The highest BCUT2D eigenvalue weighted by atomic mass is 19.1. The van der Waals surface area contributed by atoms with E-state index in [4.69, 9.17) is 4.74 Å². The first-order valence-corrected chi connectivity index (χ1v) is 6.78. The van der Waals surface area contributed by atoms with Crippen molar-refractivity contribution in [3.05, 3.63) is 35.6 Å². The molecular weight excluding hydrogens is 261 g/mol. The van der Waals surface area contributed by atoms with Crippen molar-refractivity contribution in [2.75, 3.05) is 13.2 Å². The Kier molecular flexibility index (Phi) is 4.40.